The average molecular weight is 1130 g/mol. The second-order valence-corrected chi connectivity index (χ2v) is 19.2. The van der Waals surface area contributed by atoms with Gasteiger partial charge in [0.15, 0.2) is 24.5 Å². The second-order valence-electron chi connectivity index (χ2n) is 19.2. The number of carbonyl (C=O) groups excluding carboxylic acids is 1. The Morgan fingerprint density at radius 2 is 1.58 bits per heavy atom. The van der Waals surface area contributed by atoms with Crippen molar-refractivity contribution in [3.8, 4) is 11.4 Å². The zero-order valence-corrected chi connectivity index (χ0v) is 44.9. The van der Waals surface area contributed by atoms with Crippen molar-refractivity contribution in [1.29, 1.82) is 0 Å². The van der Waals surface area contributed by atoms with Gasteiger partial charge in [0.2, 0.25) is 5.91 Å². The number of carboxylic acid groups (broad SMARTS) is 1. The van der Waals surface area contributed by atoms with Crippen molar-refractivity contribution in [1.82, 2.24) is 20.2 Å². The van der Waals surface area contributed by atoms with E-state index < -0.39 is 104 Å². The van der Waals surface area contributed by atoms with Gasteiger partial charge in [0.25, 0.3) is 5.56 Å². The van der Waals surface area contributed by atoms with E-state index in [4.69, 9.17) is 52.4 Å². The van der Waals surface area contributed by atoms with E-state index in [0.29, 0.717) is 48.1 Å². The summed E-state index contributed by atoms with van der Waals surface area (Å²) < 4.78 is 73.0. The Hall–Kier alpha value is -4.31. The van der Waals surface area contributed by atoms with Crippen molar-refractivity contribution in [2.75, 3.05) is 106 Å². The van der Waals surface area contributed by atoms with Crippen molar-refractivity contribution in [2.24, 2.45) is 0 Å². The summed E-state index contributed by atoms with van der Waals surface area (Å²) in [5, 5.41) is 97.5. The number of carbonyl (C=O) groups is 2. The number of aliphatic hydroxyl groups excluding tert-OH is 7. The monoisotopic (exact) mass is 1130 g/mol. The molecule has 79 heavy (non-hydrogen) atoms. The normalized spacial score (nSPS) is 22.0. The first kappa shape index (κ1) is 63.9. The van der Waals surface area contributed by atoms with Crippen LogP contribution in [-0.2, 0) is 82.1 Å². The summed E-state index contributed by atoms with van der Waals surface area (Å²) in [4.78, 5) is 43.6. The molecule has 26 nitrogen and oxygen atoms in total. The fourth-order valence-corrected chi connectivity index (χ4v) is 9.66. The van der Waals surface area contributed by atoms with E-state index in [1.807, 2.05) is 0 Å². The third-order valence-electron chi connectivity index (χ3n) is 14.2. The standard InChI is InChI=1S/C52H77FN4O22/c1-5-29(20-58)77-42(27-74-25-40(62)55-10-11-71-13-14-72-15-16-75-50-48(65)47(64)46(63)39(23-61)79-50)76-24-30(21-59)78-41(70-4)26-73-12-9-54-36-8-7-31-28(3)35(53)18-37-43(31)44(36)32-19-57-38(45(32)56-37)17-34(33(22-60)49(57)66)52(69,6-2)51(67)68/h17-18,29-30,36,39,41-42,46-48,50,54,58-61,63-65,69H,5-16,19-27H2,1-4H3,(H,55,62)(H,67,68)/t29?,30?,36-,39?,41?,42?,46?,47?,48?,50?,52-/m0/s1. The summed E-state index contributed by atoms with van der Waals surface area (Å²) in [6, 6.07) is 2.41. The number of aryl methyl sites for hydroxylation is 1. The van der Waals surface area contributed by atoms with E-state index in [2.05, 4.69) is 10.6 Å². The number of ether oxygens (including phenoxy) is 10. The fraction of sp³-hybridized carbons (Fsp3) is 0.692. The Morgan fingerprint density at radius 3 is 2.25 bits per heavy atom. The Morgan fingerprint density at radius 1 is 0.886 bits per heavy atom. The lowest BCUT2D eigenvalue weighted by molar-refractivity contribution is -0.302. The number of methoxy groups -OCH3 is 1. The molecule has 0 saturated carbocycles. The van der Waals surface area contributed by atoms with Crippen LogP contribution in [0.25, 0.3) is 22.3 Å². The Balaban J connectivity index is 0.939. The first-order chi connectivity index (χ1) is 38.0. The molecule has 1 aliphatic carbocycles. The number of rotatable bonds is 36. The van der Waals surface area contributed by atoms with Gasteiger partial charge in [-0.25, -0.2) is 14.2 Å². The number of halogens is 1. The number of amides is 1. The number of aliphatic hydroxyl groups is 8. The van der Waals surface area contributed by atoms with Crippen LogP contribution in [0.5, 0.6) is 0 Å². The number of carboxylic acids is 1. The molecule has 6 rings (SSSR count). The van der Waals surface area contributed by atoms with Crippen LogP contribution in [0.2, 0.25) is 0 Å². The minimum Gasteiger partial charge on any atom is -0.479 e. The molecular formula is C52H77FN4O22. The van der Waals surface area contributed by atoms with E-state index >= 15 is 4.39 Å². The van der Waals surface area contributed by atoms with Gasteiger partial charge in [0.1, 0.15) is 42.9 Å². The van der Waals surface area contributed by atoms with E-state index in [0.717, 1.165) is 16.5 Å². The van der Waals surface area contributed by atoms with Crippen molar-refractivity contribution < 1.29 is 107 Å². The molecule has 2 aliphatic heterocycles. The van der Waals surface area contributed by atoms with Crippen LogP contribution in [0.15, 0.2) is 16.9 Å². The van der Waals surface area contributed by atoms with Crippen LogP contribution in [0.4, 0.5) is 4.39 Å². The Labute approximate surface area is 455 Å². The maximum absolute atomic E-state index is 15.4. The van der Waals surface area contributed by atoms with Gasteiger partial charge in [-0.15, -0.1) is 0 Å². The average Bonchev–Trinajstić information content (AvgIpc) is 3.94. The Kier molecular flexibility index (Phi) is 24.8. The molecule has 444 valence electrons. The smallest absolute Gasteiger partial charge is 0.340 e. The molecule has 3 aliphatic rings. The van der Waals surface area contributed by atoms with Gasteiger partial charge in [0, 0.05) is 54.4 Å². The van der Waals surface area contributed by atoms with Crippen molar-refractivity contribution >= 4 is 22.8 Å². The number of hydrogen-bond acceptors (Lipinski definition) is 23. The van der Waals surface area contributed by atoms with Crippen LogP contribution < -0.4 is 16.2 Å². The fourth-order valence-electron chi connectivity index (χ4n) is 9.66. The van der Waals surface area contributed by atoms with Crippen molar-refractivity contribution in [2.45, 2.75) is 127 Å². The number of aromatic nitrogens is 2. The summed E-state index contributed by atoms with van der Waals surface area (Å²) in [5.74, 6) is -2.48. The van der Waals surface area contributed by atoms with Crippen molar-refractivity contribution in [3.63, 3.8) is 0 Å². The third-order valence-corrected chi connectivity index (χ3v) is 14.2. The summed E-state index contributed by atoms with van der Waals surface area (Å²) in [6.07, 6.45) is -9.25. The molecule has 1 fully saturated rings. The molecule has 0 bridgehead atoms. The molecule has 0 radical (unpaired) electrons. The molecule has 11 N–H and O–H groups in total. The number of benzene rings is 1. The highest BCUT2D eigenvalue weighted by atomic mass is 19.1. The lowest BCUT2D eigenvalue weighted by Gasteiger charge is -2.39. The topological polar surface area (TPSA) is 367 Å². The maximum Gasteiger partial charge on any atom is 0.340 e. The number of hydrogen-bond donors (Lipinski definition) is 11. The molecule has 11 atom stereocenters. The molecule has 9 unspecified atom stereocenters. The minimum absolute atomic E-state index is 0.0156. The second kappa shape index (κ2) is 30.7. The van der Waals surface area contributed by atoms with Crippen LogP contribution in [0.1, 0.15) is 72.5 Å². The predicted molar refractivity (Wildman–Crippen MR) is 273 cm³/mol. The molecule has 1 aromatic carbocycles. The number of aliphatic carboxylic acids is 1. The van der Waals surface area contributed by atoms with Gasteiger partial charge in [-0.2, -0.15) is 0 Å². The van der Waals surface area contributed by atoms with Crippen LogP contribution in [-0.4, -0.2) is 229 Å². The molecule has 3 aromatic rings. The largest absolute Gasteiger partial charge is 0.479 e. The van der Waals surface area contributed by atoms with Crippen LogP contribution >= 0.6 is 0 Å². The van der Waals surface area contributed by atoms with Crippen LogP contribution in [0, 0.1) is 12.7 Å². The summed E-state index contributed by atoms with van der Waals surface area (Å²) in [6.45, 7) is 3.22. The first-order valence-electron chi connectivity index (χ1n) is 26.4. The number of nitrogens with zero attached hydrogens (tertiary/aromatic N) is 2. The van der Waals surface area contributed by atoms with E-state index in [1.165, 1.54) is 30.7 Å². The molecule has 4 heterocycles. The van der Waals surface area contributed by atoms with E-state index in [-0.39, 0.29) is 115 Å². The zero-order valence-electron chi connectivity index (χ0n) is 44.9. The molecule has 27 heteroatoms. The highest BCUT2D eigenvalue weighted by Crippen LogP contribution is 2.45. The van der Waals surface area contributed by atoms with Gasteiger partial charge in [-0.1, -0.05) is 13.8 Å². The van der Waals surface area contributed by atoms with Gasteiger partial charge in [0.05, 0.1) is 115 Å². The maximum atomic E-state index is 15.4. The number of pyridine rings is 2. The van der Waals surface area contributed by atoms with Gasteiger partial charge in [-0.05, 0) is 55.4 Å². The molecule has 1 saturated heterocycles. The summed E-state index contributed by atoms with van der Waals surface area (Å²) in [7, 11) is 1.40. The quantitative estimate of drug-likeness (QED) is 0.0175. The summed E-state index contributed by atoms with van der Waals surface area (Å²) >= 11 is 0. The van der Waals surface area contributed by atoms with Gasteiger partial charge >= 0.3 is 5.97 Å². The molecule has 2 aromatic heterocycles. The van der Waals surface area contributed by atoms with E-state index in [1.54, 1.807) is 13.8 Å². The first-order valence-corrected chi connectivity index (χ1v) is 26.4. The summed E-state index contributed by atoms with van der Waals surface area (Å²) in [5.41, 5.74) is 0.0510. The zero-order chi connectivity index (χ0) is 57.4. The Bertz CT molecular complexity index is 2520. The highest BCUT2D eigenvalue weighted by Gasteiger charge is 2.45. The van der Waals surface area contributed by atoms with Gasteiger partial charge < -0.3 is 109 Å². The lowest BCUT2D eigenvalue weighted by atomic mass is 9.81. The molecule has 1 amide bonds. The molecule has 0 spiro atoms. The van der Waals surface area contributed by atoms with Crippen molar-refractivity contribution in [3.05, 3.63) is 61.7 Å². The SMILES string of the molecule is CCC(CO)OC(COCC(=O)NCCOCCOCCOC1OC(CO)C(O)C(O)C1O)OCC(CO)OC(COCCN[C@H]1CCc2c(C)c(F)cc3nc4c(c1c23)Cn1c-4cc([C@@](O)(CC)C(=O)O)c(CO)c1=O)OC. The number of nitrogens with one attached hydrogen (secondary N) is 2. The van der Waals surface area contributed by atoms with Gasteiger partial charge in [-0.3, -0.25) is 9.59 Å². The van der Waals surface area contributed by atoms with E-state index in [9.17, 15) is 60.3 Å². The highest BCUT2D eigenvalue weighted by molar-refractivity contribution is 5.93. The lowest BCUT2D eigenvalue weighted by Crippen LogP contribution is -2.59. The molecular weight excluding hydrogens is 1050 g/mol. The third kappa shape index (κ3) is 15.6. The predicted octanol–water partition coefficient (Wildman–Crippen LogP) is -1.90. The van der Waals surface area contributed by atoms with Crippen LogP contribution in [0.3, 0.4) is 0 Å². The number of fused-ring (bicyclic) bond motifs is 4. The minimum atomic E-state index is -2.47.